The predicted octanol–water partition coefficient (Wildman–Crippen LogP) is 8.16. The van der Waals surface area contributed by atoms with Crippen LogP contribution in [0.15, 0.2) is 30.3 Å². The van der Waals surface area contributed by atoms with E-state index in [2.05, 4.69) is 52.1 Å². The Bertz CT molecular complexity index is 960. The van der Waals surface area contributed by atoms with Crippen molar-refractivity contribution in [1.82, 2.24) is 5.32 Å². The van der Waals surface area contributed by atoms with Gasteiger partial charge in [0.15, 0.2) is 0 Å². The van der Waals surface area contributed by atoms with E-state index in [1.165, 1.54) is 64.2 Å². The van der Waals surface area contributed by atoms with Gasteiger partial charge in [-0.05, 0) is 122 Å². The number of nitrogens with one attached hydrogen (secondary N) is 1. The fourth-order valence-electron chi connectivity index (χ4n) is 10.7. The minimum atomic E-state index is -0.462. The molecule has 0 radical (unpaired) electrons. The lowest BCUT2D eigenvalue weighted by Crippen LogP contribution is -2.56. The molecule has 3 nitrogen and oxygen atoms in total. The first-order valence-electron chi connectivity index (χ1n) is 16.7. The van der Waals surface area contributed by atoms with E-state index in [9.17, 15) is 4.79 Å². The van der Waals surface area contributed by atoms with Crippen LogP contribution < -0.4 is 11.1 Å². The summed E-state index contributed by atoms with van der Waals surface area (Å²) in [5.41, 5.74) is 8.50. The Labute approximate surface area is 239 Å². The van der Waals surface area contributed by atoms with Crippen LogP contribution in [-0.4, -0.2) is 18.0 Å². The Morgan fingerprint density at radius 3 is 2.38 bits per heavy atom. The van der Waals surface area contributed by atoms with Crippen molar-refractivity contribution in [2.24, 2.45) is 58.0 Å². The van der Waals surface area contributed by atoms with E-state index < -0.39 is 6.04 Å². The summed E-state index contributed by atoms with van der Waals surface area (Å²) in [7, 11) is 0. The second-order valence-corrected chi connectivity index (χ2v) is 15.5. The summed E-state index contributed by atoms with van der Waals surface area (Å²) < 4.78 is 0. The lowest BCUT2D eigenvalue weighted by Gasteiger charge is -2.61. The Morgan fingerprint density at radius 2 is 1.64 bits per heavy atom. The zero-order valence-corrected chi connectivity index (χ0v) is 25.8. The molecule has 4 aliphatic carbocycles. The first kappa shape index (κ1) is 29.2. The van der Waals surface area contributed by atoms with E-state index in [0.29, 0.717) is 23.3 Å². The smallest absolute Gasteiger partial charge is 0.237 e. The number of carbonyl (C=O) groups excluding carboxylic acids is 1. The fourth-order valence-corrected chi connectivity index (χ4v) is 10.7. The Hall–Kier alpha value is -1.35. The highest BCUT2D eigenvalue weighted by atomic mass is 16.2. The summed E-state index contributed by atoms with van der Waals surface area (Å²) in [5.74, 6) is 6.21. The molecule has 1 aromatic rings. The summed E-state index contributed by atoms with van der Waals surface area (Å²) in [6.07, 6.45) is 17.0. The molecule has 3 heteroatoms. The van der Waals surface area contributed by atoms with Crippen molar-refractivity contribution >= 4 is 5.91 Å². The van der Waals surface area contributed by atoms with Gasteiger partial charge in [0.25, 0.3) is 0 Å². The van der Waals surface area contributed by atoms with Crippen LogP contribution in [0.5, 0.6) is 0 Å². The van der Waals surface area contributed by atoms with E-state index in [4.69, 9.17) is 5.73 Å². The van der Waals surface area contributed by atoms with Gasteiger partial charge >= 0.3 is 0 Å². The molecule has 1 amide bonds. The average molecular weight is 535 g/mol. The number of carbonyl (C=O) groups is 1. The van der Waals surface area contributed by atoms with Gasteiger partial charge in [0.2, 0.25) is 5.91 Å². The molecule has 0 aliphatic heterocycles. The zero-order valence-electron chi connectivity index (χ0n) is 25.8. The highest BCUT2D eigenvalue weighted by molar-refractivity contribution is 5.82. The summed E-state index contributed by atoms with van der Waals surface area (Å²) in [6, 6.07) is 10.0. The number of hydrogen-bond donors (Lipinski definition) is 2. The first-order chi connectivity index (χ1) is 18.6. The number of rotatable bonds is 9. The maximum absolute atomic E-state index is 13.0. The Balaban J connectivity index is 1.18. The second kappa shape index (κ2) is 11.9. The molecule has 0 spiro atoms. The maximum Gasteiger partial charge on any atom is 0.237 e. The molecule has 0 aromatic heterocycles. The van der Waals surface area contributed by atoms with Gasteiger partial charge in [0.1, 0.15) is 0 Å². The van der Waals surface area contributed by atoms with Crippen LogP contribution >= 0.6 is 0 Å². The zero-order chi connectivity index (χ0) is 27.8. The fraction of sp³-hybridized carbons (Fsp3) is 0.806. The lowest BCUT2D eigenvalue weighted by molar-refractivity contribution is -0.128. The van der Waals surface area contributed by atoms with Crippen LogP contribution in [0, 0.1) is 52.3 Å². The first-order valence-corrected chi connectivity index (χ1v) is 16.7. The van der Waals surface area contributed by atoms with Crippen LogP contribution in [-0.2, 0) is 11.2 Å². The summed E-state index contributed by atoms with van der Waals surface area (Å²) >= 11 is 0. The standard InChI is InChI=1S/C36H58N2O/c1-24(2)10-9-11-25(3)30-16-17-31-29-15-14-27-23-28(18-20-35(27,4)32(29)19-21-36(30,31)5)38-34(39)33(37)22-26-12-7-6-8-13-26/h6-8,12-13,24-25,27-33H,9-11,14-23,37H2,1-5H3,(H,38,39)/t25-,27?,28-,29+,30-,31+,32+,33+,35+,36-/m1/s1. The minimum absolute atomic E-state index is 0.0362. The molecule has 39 heavy (non-hydrogen) atoms. The molecule has 1 aromatic carbocycles. The third-order valence-corrected chi connectivity index (χ3v) is 12.8. The van der Waals surface area contributed by atoms with E-state index >= 15 is 0 Å². The Kier molecular flexibility index (Phi) is 8.87. The molecular formula is C36H58N2O. The molecule has 4 fully saturated rings. The van der Waals surface area contributed by atoms with Crippen LogP contribution in [0.1, 0.15) is 117 Å². The monoisotopic (exact) mass is 534 g/mol. The third kappa shape index (κ3) is 5.86. The van der Waals surface area contributed by atoms with Crippen LogP contribution in [0.4, 0.5) is 0 Å². The van der Waals surface area contributed by atoms with E-state index in [1.807, 2.05) is 18.2 Å². The molecule has 10 atom stereocenters. The van der Waals surface area contributed by atoms with Gasteiger partial charge in [0.05, 0.1) is 6.04 Å². The predicted molar refractivity (Wildman–Crippen MR) is 163 cm³/mol. The van der Waals surface area contributed by atoms with Gasteiger partial charge in [-0.3, -0.25) is 4.79 Å². The normalized spacial score (nSPS) is 39.4. The number of amides is 1. The van der Waals surface area contributed by atoms with Crippen molar-refractivity contribution in [2.75, 3.05) is 0 Å². The van der Waals surface area contributed by atoms with Gasteiger partial charge in [-0.15, -0.1) is 0 Å². The van der Waals surface area contributed by atoms with Crippen molar-refractivity contribution < 1.29 is 4.79 Å². The van der Waals surface area contributed by atoms with E-state index in [0.717, 1.165) is 59.8 Å². The van der Waals surface area contributed by atoms with Crippen molar-refractivity contribution in [3.05, 3.63) is 35.9 Å². The largest absolute Gasteiger partial charge is 0.352 e. The highest BCUT2D eigenvalue weighted by Gasteiger charge is 2.60. The number of hydrogen-bond acceptors (Lipinski definition) is 2. The second-order valence-electron chi connectivity index (χ2n) is 15.5. The van der Waals surface area contributed by atoms with Crippen molar-refractivity contribution in [3.8, 4) is 0 Å². The quantitative estimate of drug-likeness (QED) is 0.336. The summed E-state index contributed by atoms with van der Waals surface area (Å²) in [5, 5.41) is 3.38. The number of benzene rings is 1. The maximum atomic E-state index is 13.0. The van der Waals surface area contributed by atoms with Gasteiger partial charge < -0.3 is 11.1 Å². The minimum Gasteiger partial charge on any atom is -0.352 e. The topological polar surface area (TPSA) is 55.1 Å². The lowest BCUT2D eigenvalue weighted by atomic mass is 9.44. The van der Waals surface area contributed by atoms with E-state index in [-0.39, 0.29) is 5.91 Å². The molecule has 0 bridgehead atoms. The molecule has 0 heterocycles. The molecule has 218 valence electrons. The molecule has 3 N–H and O–H groups in total. The van der Waals surface area contributed by atoms with Crippen molar-refractivity contribution in [1.29, 1.82) is 0 Å². The summed E-state index contributed by atoms with van der Waals surface area (Å²) in [6.45, 7) is 12.7. The summed E-state index contributed by atoms with van der Waals surface area (Å²) in [4.78, 5) is 13.0. The molecule has 4 aliphatic rings. The number of nitrogens with two attached hydrogens (primary N) is 1. The molecule has 1 unspecified atom stereocenters. The van der Waals surface area contributed by atoms with Crippen LogP contribution in [0.3, 0.4) is 0 Å². The molecule has 4 saturated carbocycles. The van der Waals surface area contributed by atoms with Crippen LogP contribution in [0.2, 0.25) is 0 Å². The van der Waals surface area contributed by atoms with Gasteiger partial charge in [-0.25, -0.2) is 0 Å². The van der Waals surface area contributed by atoms with Gasteiger partial charge in [-0.2, -0.15) is 0 Å². The van der Waals surface area contributed by atoms with Gasteiger partial charge in [-0.1, -0.05) is 84.2 Å². The Morgan fingerprint density at radius 1 is 0.923 bits per heavy atom. The average Bonchev–Trinajstić information content (AvgIpc) is 3.26. The third-order valence-electron chi connectivity index (χ3n) is 12.8. The van der Waals surface area contributed by atoms with Crippen molar-refractivity contribution in [3.63, 3.8) is 0 Å². The molecular weight excluding hydrogens is 476 g/mol. The van der Waals surface area contributed by atoms with Crippen molar-refractivity contribution in [2.45, 2.75) is 130 Å². The molecule has 5 rings (SSSR count). The highest BCUT2D eigenvalue weighted by Crippen LogP contribution is 2.68. The van der Waals surface area contributed by atoms with E-state index in [1.54, 1.807) is 0 Å². The number of fused-ring (bicyclic) bond motifs is 5. The van der Waals surface area contributed by atoms with Gasteiger partial charge in [0, 0.05) is 6.04 Å². The SMILES string of the molecule is CC(C)CCC[C@@H](C)[C@H]1CC[C@H]2[C@@H]3CCC4C[C@H](NC(=O)[C@@H](N)Cc5ccccc5)CC[C@]4(C)[C@H]3CC[C@]12C. The molecule has 0 saturated heterocycles. The van der Waals surface area contributed by atoms with Crippen LogP contribution in [0.25, 0.3) is 0 Å².